The van der Waals surface area contributed by atoms with Gasteiger partial charge < -0.3 is 11.1 Å². The van der Waals surface area contributed by atoms with Crippen LogP contribution in [0.4, 0.5) is 10.1 Å². The van der Waals surface area contributed by atoms with E-state index in [1.807, 2.05) is 0 Å². The fourth-order valence-electron chi connectivity index (χ4n) is 2.78. The molecule has 3 nitrogen and oxygen atoms in total. The van der Waals surface area contributed by atoms with Crippen LogP contribution in [0, 0.1) is 24.6 Å². The zero-order chi connectivity index (χ0) is 14.2. The highest BCUT2D eigenvalue weighted by molar-refractivity contribution is 5.95. The first-order valence-electron chi connectivity index (χ1n) is 6.76. The van der Waals surface area contributed by atoms with Crippen LogP contribution < -0.4 is 11.1 Å². The number of hydrogen-bond donors (Lipinski definition) is 2. The Balaban J connectivity index is 2.17. The van der Waals surface area contributed by atoms with Crippen molar-refractivity contribution in [3.63, 3.8) is 0 Å². The molecule has 0 bridgehead atoms. The Kier molecular flexibility index (Phi) is 3.78. The van der Waals surface area contributed by atoms with E-state index in [-0.39, 0.29) is 17.5 Å². The molecule has 1 aliphatic rings. The van der Waals surface area contributed by atoms with Gasteiger partial charge in [-0.3, -0.25) is 4.79 Å². The third-order valence-corrected chi connectivity index (χ3v) is 4.30. The van der Waals surface area contributed by atoms with Gasteiger partial charge in [-0.05, 0) is 49.3 Å². The van der Waals surface area contributed by atoms with Crippen LogP contribution in [-0.2, 0) is 0 Å². The maximum Gasteiger partial charge on any atom is 0.254 e. The highest BCUT2D eigenvalue weighted by atomic mass is 19.1. The van der Waals surface area contributed by atoms with E-state index >= 15 is 0 Å². The number of carbonyl (C=O) groups excluding carboxylic acids is 1. The molecule has 104 valence electrons. The molecule has 0 saturated heterocycles. The molecule has 1 fully saturated rings. The second-order valence-corrected chi connectivity index (χ2v) is 5.69. The number of carbonyl (C=O) groups is 1. The Bertz CT molecular complexity index is 501. The summed E-state index contributed by atoms with van der Waals surface area (Å²) in [6.07, 6.45) is 2.06. The minimum absolute atomic E-state index is 0.0456. The average Bonchev–Trinajstić information content (AvgIpc) is 2.65. The van der Waals surface area contributed by atoms with E-state index in [4.69, 9.17) is 5.73 Å². The number of benzene rings is 1. The average molecular weight is 264 g/mol. The Morgan fingerprint density at radius 1 is 1.37 bits per heavy atom. The summed E-state index contributed by atoms with van der Waals surface area (Å²) >= 11 is 0. The van der Waals surface area contributed by atoms with Crippen molar-refractivity contribution >= 4 is 11.6 Å². The molecule has 1 aliphatic carbocycles. The van der Waals surface area contributed by atoms with Crippen LogP contribution in [0.15, 0.2) is 12.1 Å². The number of anilines is 1. The van der Waals surface area contributed by atoms with Crippen LogP contribution in [0.2, 0.25) is 0 Å². The first kappa shape index (κ1) is 13.8. The van der Waals surface area contributed by atoms with E-state index in [1.165, 1.54) is 12.1 Å². The van der Waals surface area contributed by atoms with Crippen LogP contribution in [0.5, 0.6) is 0 Å². The van der Waals surface area contributed by atoms with E-state index in [0.717, 1.165) is 12.8 Å². The third-order valence-electron chi connectivity index (χ3n) is 4.30. The quantitative estimate of drug-likeness (QED) is 0.807. The van der Waals surface area contributed by atoms with Gasteiger partial charge in [0.15, 0.2) is 0 Å². The standard InChI is InChI=1S/C15H21FN2O/c1-8-4-5-13(10(8)3)18-15(19)12-7-11(17)6-9(2)14(12)16/h6-8,10,13H,4-5,17H2,1-3H3,(H,18,19). The highest BCUT2D eigenvalue weighted by Crippen LogP contribution is 2.31. The lowest BCUT2D eigenvalue weighted by molar-refractivity contribution is 0.0923. The third kappa shape index (κ3) is 2.72. The van der Waals surface area contributed by atoms with Gasteiger partial charge in [0.05, 0.1) is 5.56 Å². The first-order valence-corrected chi connectivity index (χ1v) is 6.76. The van der Waals surface area contributed by atoms with E-state index in [2.05, 4.69) is 19.2 Å². The zero-order valence-electron chi connectivity index (χ0n) is 11.7. The second-order valence-electron chi connectivity index (χ2n) is 5.69. The van der Waals surface area contributed by atoms with Gasteiger partial charge in [0, 0.05) is 11.7 Å². The van der Waals surface area contributed by atoms with Crippen LogP contribution in [0.1, 0.15) is 42.6 Å². The number of nitrogens with two attached hydrogens (primary N) is 1. The van der Waals surface area contributed by atoms with Crippen molar-refractivity contribution in [2.24, 2.45) is 11.8 Å². The Labute approximate surface area is 113 Å². The second kappa shape index (κ2) is 5.19. The first-order chi connectivity index (χ1) is 8.90. The van der Waals surface area contributed by atoms with Gasteiger partial charge in [-0.25, -0.2) is 4.39 Å². The number of aryl methyl sites for hydroxylation is 1. The van der Waals surface area contributed by atoms with Crippen LogP contribution >= 0.6 is 0 Å². The van der Waals surface area contributed by atoms with Gasteiger partial charge in [-0.15, -0.1) is 0 Å². The smallest absolute Gasteiger partial charge is 0.254 e. The van der Waals surface area contributed by atoms with Gasteiger partial charge in [0.25, 0.3) is 5.91 Å². The number of amides is 1. The SMILES string of the molecule is Cc1cc(N)cc(C(=O)NC2CCC(C)C2C)c1F. The maximum absolute atomic E-state index is 14.0. The number of rotatable bonds is 2. The van der Waals surface area contributed by atoms with Crippen molar-refractivity contribution in [3.05, 3.63) is 29.1 Å². The number of halogens is 1. The van der Waals surface area contributed by atoms with Crippen molar-refractivity contribution in [2.45, 2.75) is 39.7 Å². The van der Waals surface area contributed by atoms with Crippen LogP contribution in [-0.4, -0.2) is 11.9 Å². The van der Waals surface area contributed by atoms with Gasteiger partial charge in [0.1, 0.15) is 5.82 Å². The van der Waals surface area contributed by atoms with Crippen molar-refractivity contribution in [3.8, 4) is 0 Å². The summed E-state index contributed by atoms with van der Waals surface area (Å²) in [4.78, 5) is 12.2. The fraction of sp³-hybridized carbons (Fsp3) is 0.533. The summed E-state index contributed by atoms with van der Waals surface area (Å²) in [5.41, 5.74) is 6.54. The molecule has 1 aromatic carbocycles. The van der Waals surface area contributed by atoms with Crippen molar-refractivity contribution in [2.75, 3.05) is 5.73 Å². The Morgan fingerprint density at radius 3 is 2.63 bits per heavy atom. The fourth-order valence-corrected chi connectivity index (χ4v) is 2.78. The molecule has 3 N–H and O–H groups in total. The molecule has 4 heteroatoms. The predicted molar refractivity (Wildman–Crippen MR) is 74.4 cm³/mol. The summed E-state index contributed by atoms with van der Waals surface area (Å²) in [5, 5.41) is 2.94. The molecule has 1 saturated carbocycles. The predicted octanol–water partition coefficient (Wildman–Crippen LogP) is 2.88. The molecular formula is C15H21FN2O. The molecule has 19 heavy (non-hydrogen) atoms. The summed E-state index contributed by atoms with van der Waals surface area (Å²) in [7, 11) is 0. The lowest BCUT2D eigenvalue weighted by Crippen LogP contribution is -2.37. The van der Waals surface area contributed by atoms with Crippen LogP contribution in [0.25, 0.3) is 0 Å². The summed E-state index contributed by atoms with van der Waals surface area (Å²) in [6, 6.07) is 3.07. The van der Waals surface area contributed by atoms with Crippen LogP contribution in [0.3, 0.4) is 0 Å². The molecule has 1 aromatic rings. The van der Waals surface area contributed by atoms with E-state index in [1.54, 1.807) is 6.92 Å². The summed E-state index contributed by atoms with van der Waals surface area (Å²) in [6.45, 7) is 5.92. The number of hydrogen-bond acceptors (Lipinski definition) is 2. The normalized spacial score (nSPS) is 26.4. The molecule has 2 rings (SSSR count). The molecule has 0 radical (unpaired) electrons. The molecule has 3 atom stereocenters. The lowest BCUT2D eigenvalue weighted by atomic mass is 9.97. The molecule has 0 heterocycles. The minimum Gasteiger partial charge on any atom is -0.399 e. The Morgan fingerprint density at radius 2 is 2.05 bits per heavy atom. The molecule has 0 aromatic heterocycles. The molecule has 0 spiro atoms. The monoisotopic (exact) mass is 264 g/mol. The van der Waals surface area contributed by atoms with Gasteiger partial charge in [0.2, 0.25) is 0 Å². The molecule has 3 unspecified atom stereocenters. The van der Waals surface area contributed by atoms with E-state index < -0.39 is 5.82 Å². The van der Waals surface area contributed by atoms with Crippen molar-refractivity contribution in [1.82, 2.24) is 5.32 Å². The van der Waals surface area contributed by atoms with Crippen molar-refractivity contribution < 1.29 is 9.18 Å². The Hall–Kier alpha value is -1.58. The van der Waals surface area contributed by atoms with Gasteiger partial charge in [-0.1, -0.05) is 13.8 Å². The zero-order valence-corrected chi connectivity index (χ0v) is 11.7. The minimum atomic E-state index is -0.481. The van der Waals surface area contributed by atoms with Gasteiger partial charge >= 0.3 is 0 Å². The van der Waals surface area contributed by atoms with Gasteiger partial charge in [-0.2, -0.15) is 0 Å². The highest BCUT2D eigenvalue weighted by Gasteiger charge is 2.31. The topological polar surface area (TPSA) is 55.1 Å². The molecular weight excluding hydrogens is 243 g/mol. The van der Waals surface area contributed by atoms with E-state index in [9.17, 15) is 9.18 Å². The summed E-state index contributed by atoms with van der Waals surface area (Å²) in [5.74, 6) is 0.177. The lowest BCUT2D eigenvalue weighted by Gasteiger charge is -2.20. The molecule has 0 aliphatic heterocycles. The summed E-state index contributed by atoms with van der Waals surface area (Å²) < 4.78 is 14.0. The number of nitrogens with one attached hydrogen (secondary N) is 1. The largest absolute Gasteiger partial charge is 0.399 e. The van der Waals surface area contributed by atoms with Crippen molar-refractivity contribution in [1.29, 1.82) is 0 Å². The maximum atomic E-state index is 14.0. The molecule has 1 amide bonds. The number of nitrogen functional groups attached to an aromatic ring is 1. The van der Waals surface area contributed by atoms with E-state index in [0.29, 0.717) is 23.1 Å².